The van der Waals surface area contributed by atoms with Crippen LogP contribution in [-0.2, 0) is 5.21 Å². The monoisotopic (exact) mass is 245 g/mol. The Morgan fingerprint density at radius 2 is 1.58 bits per heavy atom. The minimum atomic E-state index is -0.889. The van der Waals surface area contributed by atoms with Crippen molar-refractivity contribution in [2.45, 2.75) is 26.0 Å². The van der Waals surface area contributed by atoms with Crippen LogP contribution in [0.25, 0.3) is 11.3 Å². The van der Waals surface area contributed by atoms with Gasteiger partial charge in [-0.05, 0) is 17.5 Å². The minimum Gasteiger partial charge on any atom is -0.256 e. The molecule has 0 fully saturated rings. The molecule has 2 rings (SSSR count). The summed E-state index contributed by atoms with van der Waals surface area (Å²) in [6.07, 6.45) is 1.76. The molecule has 0 spiro atoms. The standard InChI is InChI=1S/C16H17B2N/c1-15(2,3)16(17,18)13-9-10-19-14(11-13)12-7-5-4-6-8-12/h4-11H,1-3H3. The van der Waals surface area contributed by atoms with Crippen molar-refractivity contribution in [2.24, 2.45) is 5.41 Å². The van der Waals surface area contributed by atoms with Crippen LogP contribution < -0.4 is 0 Å². The van der Waals surface area contributed by atoms with Crippen molar-refractivity contribution in [1.29, 1.82) is 0 Å². The molecular weight excluding hydrogens is 228 g/mol. The smallest absolute Gasteiger partial charge is 0.0704 e. The van der Waals surface area contributed by atoms with Crippen LogP contribution in [0.4, 0.5) is 0 Å². The quantitative estimate of drug-likeness (QED) is 0.739. The van der Waals surface area contributed by atoms with E-state index in [9.17, 15) is 0 Å². The first-order valence-corrected chi connectivity index (χ1v) is 6.42. The zero-order valence-electron chi connectivity index (χ0n) is 11.7. The van der Waals surface area contributed by atoms with Crippen molar-refractivity contribution in [1.82, 2.24) is 4.98 Å². The molecule has 0 bridgehead atoms. The van der Waals surface area contributed by atoms with Gasteiger partial charge < -0.3 is 0 Å². The lowest BCUT2D eigenvalue weighted by Gasteiger charge is -2.40. The van der Waals surface area contributed by atoms with E-state index in [0.29, 0.717) is 0 Å². The van der Waals surface area contributed by atoms with Gasteiger partial charge in [0.15, 0.2) is 0 Å². The van der Waals surface area contributed by atoms with E-state index in [1.54, 1.807) is 6.20 Å². The molecule has 0 unspecified atom stereocenters. The Kier molecular flexibility index (Phi) is 3.58. The Balaban J connectivity index is 2.47. The molecule has 1 nitrogen and oxygen atoms in total. The van der Waals surface area contributed by atoms with E-state index in [1.165, 1.54) is 0 Å². The fourth-order valence-electron chi connectivity index (χ4n) is 1.89. The van der Waals surface area contributed by atoms with E-state index in [4.69, 9.17) is 15.7 Å². The summed E-state index contributed by atoms with van der Waals surface area (Å²) < 4.78 is 0. The van der Waals surface area contributed by atoms with Gasteiger partial charge in [0.25, 0.3) is 0 Å². The van der Waals surface area contributed by atoms with Gasteiger partial charge in [-0.15, -0.1) is 0 Å². The first-order chi connectivity index (χ1) is 8.82. The first kappa shape index (κ1) is 13.9. The lowest BCUT2D eigenvalue weighted by Crippen LogP contribution is -2.41. The maximum absolute atomic E-state index is 6.31. The van der Waals surface area contributed by atoms with Gasteiger partial charge in [0.1, 0.15) is 0 Å². The van der Waals surface area contributed by atoms with Crippen LogP contribution in [0.2, 0.25) is 0 Å². The molecule has 19 heavy (non-hydrogen) atoms. The third-order valence-corrected chi connectivity index (χ3v) is 3.55. The summed E-state index contributed by atoms with van der Waals surface area (Å²) in [4.78, 5) is 4.39. The summed E-state index contributed by atoms with van der Waals surface area (Å²) in [6.45, 7) is 6.11. The van der Waals surface area contributed by atoms with Crippen LogP contribution in [0.3, 0.4) is 0 Å². The van der Waals surface area contributed by atoms with Gasteiger partial charge in [0, 0.05) is 11.8 Å². The molecule has 92 valence electrons. The van der Waals surface area contributed by atoms with Gasteiger partial charge in [-0.1, -0.05) is 61.9 Å². The van der Waals surface area contributed by atoms with Gasteiger partial charge in [-0.2, -0.15) is 0 Å². The summed E-state index contributed by atoms with van der Waals surface area (Å²) in [5.74, 6) is 0. The second-order valence-electron chi connectivity index (χ2n) is 5.91. The molecule has 0 saturated carbocycles. The maximum Gasteiger partial charge on any atom is 0.0704 e. The molecule has 0 saturated heterocycles. The first-order valence-electron chi connectivity index (χ1n) is 6.42. The van der Waals surface area contributed by atoms with Crippen molar-refractivity contribution in [2.75, 3.05) is 0 Å². The van der Waals surface area contributed by atoms with Crippen LogP contribution >= 0.6 is 0 Å². The van der Waals surface area contributed by atoms with E-state index in [-0.39, 0.29) is 5.41 Å². The second kappa shape index (κ2) is 4.88. The van der Waals surface area contributed by atoms with Crippen molar-refractivity contribution >= 4 is 15.7 Å². The molecule has 0 aliphatic carbocycles. The number of aromatic nitrogens is 1. The van der Waals surface area contributed by atoms with E-state index in [1.807, 2.05) is 63.2 Å². The van der Waals surface area contributed by atoms with Crippen LogP contribution in [0.1, 0.15) is 26.3 Å². The predicted molar refractivity (Wildman–Crippen MR) is 82.3 cm³/mol. The van der Waals surface area contributed by atoms with Gasteiger partial charge >= 0.3 is 0 Å². The number of benzene rings is 1. The van der Waals surface area contributed by atoms with Crippen LogP contribution in [0.5, 0.6) is 0 Å². The molecule has 4 radical (unpaired) electrons. The number of nitrogens with zero attached hydrogens (tertiary/aromatic N) is 1. The molecule has 1 heterocycles. The number of hydrogen-bond donors (Lipinski definition) is 0. The summed E-state index contributed by atoms with van der Waals surface area (Å²) >= 11 is 0. The van der Waals surface area contributed by atoms with Gasteiger partial charge in [-0.25, -0.2) is 0 Å². The third kappa shape index (κ3) is 2.75. The largest absolute Gasteiger partial charge is 0.256 e. The molecule has 2 aromatic rings. The number of pyridine rings is 1. The van der Waals surface area contributed by atoms with Gasteiger partial charge in [-0.3, -0.25) is 4.98 Å². The van der Waals surface area contributed by atoms with Crippen LogP contribution in [-0.4, -0.2) is 20.7 Å². The fourth-order valence-corrected chi connectivity index (χ4v) is 1.89. The molecule has 0 N–H and O–H groups in total. The topological polar surface area (TPSA) is 12.9 Å². The minimum absolute atomic E-state index is 0.234. The molecule has 0 aliphatic rings. The zero-order chi connectivity index (χ0) is 14.1. The van der Waals surface area contributed by atoms with Crippen molar-refractivity contribution in [3.8, 4) is 11.3 Å². The predicted octanol–water partition coefficient (Wildman–Crippen LogP) is 3.28. The fraction of sp³-hybridized carbons (Fsp3) is 0.312. The third-order valence-electron chi connectivity index (χ3n) is 3.55. The van der Waals surface area contributed by atoms with Gasteiger partial charge in [0.2, 0.25) is 0 Å². The molecule has 1 aromatic heterocycles. The van der Waals surface area contributed by atoms with E-state index in [2.05, 4.69) is 4.98 Å². The molecule has 3 heteroatoms. The normalized spacial score (nSPS) is 12.4. The summed E-state index contributed by atoms with van der Waals surface area (Å²) in [7, 11) is 12.6. The van der Waals surface area contributed by atoms with Crippen molar-refractivity contribution < 1.29 is 0 Å². The van der Waals surface area contributed by atoms with E-state index >= 15 is 0 Å². The Hall–Kier alpha value is -1.50. The summed E-state index contributed by atoms with van der Waals surface area (Å²) in [6, 6.07) is 13.9. The maximum atomic E-state index is 6.31. The number of hydrogen-bond acceptors (Lipinski definition) is 1. The molecule has 0 atom stereocenters. The highest BCUT2D eigenvalue weighted by atomic mass is 14.7. The Morgan fingerprint density at radius 1 is 0.947 bits per heavy atom. The van der Waals surface area contributed by atoms with Crippen LogP contribution in [0.15, 0.2) is 48.7 Å². The Morgan fingerprint density at radius 3 is 2.16 bits per heavy atom. The highest BCUT2D eigenvalue weighted by Crippen LogP contribution is 2.36. The average molecular weight is 245 g/mol. The summed E-state index contributed by atoms with van der Waals surface area (Å²) in [5, 5.41) is -0.889. The van der Waals surface area contributed by atoms with Crippen molar-refractivity contribution in [3.05, 3.63) is 54.2 Å². The highest BCUT2D eigenvalue weighted by Gasteiger charge is 2.33. The highest BCUT2D eigenvalue weighted by molar-refractivity contribution is 6.40. The zero-order valence-corrected chi connectivity index (χ0v) is 11.7. The summed E-state index contributed by atoms with van der Waals surface area (Å²) in [5.41, 5.74) is 2.62. The lowest BCUT2D eigenvalue weighted by atomic mass is 9.41. The SMILES string of the molecule is [B]C([B])(c1ccnc(-c2ccccc2)c1)C(C)(C)C. The van der Waals surface area contributed by atoms with Crippen LogP contribution in [0, 0.1) is 5.41 Å². The average Bonchev–Trinajstić information content (AvgIpc) is 2.39. The number of rotatable bonds is 2. The lowest BCUT2D eigenvalue weighted by molar-refractivity contribution is 0.358. The van der Waals surface area contributed by atoms with E-state index < -0.39 is 5.21 Å². The van der Waals surface area contributed by atoms with Gasteiger partial charge in [0.05, 0.1) is 21.4 Å². The molecule has 0 amide bonds. The molecule has 1 aromatic carbocycles. The molecular formula is C16H17B2N. The Bertz CT molecular complexity index is 556. The van der Waals surface area contributed by atoms with E-state index in [0.717, 1.165) is 16.8 Å². The second-order valence-corrected chi connectivity index (χ2v) is 5.91. The molecule has 0 aliphatic heterocycles. The van der Waals surface area contributed by atoms with Crippen molar-refractivity contribution in [3.63, 3.8) is 0 Å². The Labute approximate surface area is 118 Å².